The Morgan fingerprint density at radius 3 is 3.00 bits per heavy atom. The fourth-order valence-corrected chi connectivity index (χ4v) is 1.80. The Morgan fingerprint density at radius 1 is 1.70 bits per heavy atom. The summed E-state index contributed by atoms with van der Waals surface area (Å²) in [5.74, 6) is 1.24. The quantitative estimate of drug-likeness (QED) is 0.573. The van der Waals surface area contributed by atoms with Crippen molar-refractivity contribution in [1.82, 2.24) is 4.90 Å². The monoisotopic (exact) mass is 158 g/mol. The fraction of sp³-hybridized carbons (Fsp3) is 0.857. The summed E-state index contributed by atoms with van der Waals surface area (Å²) in [5, 5.41) is 1.22. The van der Waals surface area contributed by atoms with Crippen LogP contribution in [0.25, 0.3) is 0 Å². The Morgan fingerprint density at radius 2 is 2.50 bits per heavy atom. The molecule has 0 spiro atoms. The highest BCUT2D eigenvalue weighted by Gasteiger charge is 2.07. The van der Waals surface area contributed by atoms with Gasteiger partial charge in [0.2, 0.25) is 0 Å². The number of hydrogen-bond donors (Lipinski definition) is 0. The molecule has 1 rings (SSSR count). The second-order valence-electron chi connectivity index (χ2n) is 2.38. The average Bonchev–Trinajstić information content (AvgIpc) is 2.05. The van der Waals surface area contributed by atoms with E-state index < -0.39 is 0 Å². The summed E-state index contributed by atoms with van der Waals surface area (Å²) < 4.78 is 0. The van der Waals surface area contributed by atoms with Crippen molar-refractivity contribution in [2.45, 2.75) is 13.3 Å². The second kappa shape index (κ2) is 3.86. The molecule has 0 aromatic rings. The maximum absolute atomic E-state index is 4.41. The second-order valence-corrected chi connectivity index (χ2v) is 3.44. The summed E-state index contributed by atoms with van der Waals surface area (Å²) in [6.07, 6.45) is 1.24. The van der Waals surface area contributed by atoms with Gasteiger partial charge in [0.05, 0.1) is 0 Å². The number of rotatable bonds is 1. The zero-order chi connectivity index (χ0) is 7.40. The van der Waals surface area contributed by atoms with Crippen molar-refractivity contribution in [2.24, 2.45) is 4.99 Å². The number of amidine groups is 1. The van der Waals surface area contributed by atoms with Crippen LogP contribution in [0.4, 0.5) is 0 Å². The van der Waals surface area contributed by atoms with Crippen LogP contribution in [0.3, 0.4) is 0 Å². The minimum absolute atomic E-state index is 1.02. The lowest BCUT2D eigenvalue weighted by Gasteiger charge is -2.20. The SMILES string of the molecule is CCN(C)C1=NCCCS1. The van der Waals surface area contributed by atoms with E-state index in [4.69, 9.17) is 0 Å². The Labute approximate surface area is 66.7 Å². The van der Waals surface area contributed by atoms with E-state index in [0.717, 1.165) is 13.1 Å². The Balaban J connectivity index is 2.44. The van der Waals surface area contributed by atoms with Crippen molar-refractivity contribution in [2.75, 3.05) is 25.9 Å². The normalized spacial score (nSPS) is 18.4. The van der Waals surface area contributed by atoms with Crippen LogP contribution >= 0.6 is 11.8 Å². The van der Waals surface area contributed by atoms with Crippen LogP contribution in [0, 0.1) is 0 Å². The average molecular weight is 158 g/mol. The van der Waals surface area contributed by atoms with Crippen LogP contribution in [0.5, 0.6) is 0 Å². The molecule has 0 aromatic heterocycles. The minimum Gasteiger partial charge on any atom is -0.355 e. The summed E-state index contributed by atoms with van der Waals surface area (Å²) >= 11 is 1.87. The largest absolute Gasteiger partial charge is 0.355 e. The molecule has 0 saturated heterocycles. The van der Waals surface area contributed by atoms with Crippen molar-refractivity contribution < 1.29 is 0 Å². The molecule has 0 amide bonds. The zero-order valence-corrected chi connectivity index (χ0v) is 7.45. The third kappa shape index (κ3) is 1.90. The Bertz CT molecular complexity index is 134. The van der Waals surface area contributed by atoms with E-state index in [1.807, 2.05) is 11.8 Å². The van der Waals surface area contributed by atoms with Gasteiger partial charge < -0.3 is 4.90 Å². The molecule has 0 atom stereocenters. The van der Waals surface area contributed by atoms with E-state index >= 15 is 0 Å². The smallest absolute Gasteiger partial charge is 0.158 e. The molecule has 0 fully saturated rings. The predicted octanol–water partition coefficient (Wildman–Crippen LogP) is 1.43. The van der Waals surface area contributed by atoms with Gasteiger partial charge >= 0.3 is 0 Å². The van der Waals surface area contributed by atoms with E-state index in [-0.39, 0.29) is 0 Å². The van der Waals surface area contributed by atoms with Crippen LogP contribution < -0.4 is 0 Å². The number of aliphatic imine (C=N–C) groups is 1. The first-order valence-corrected chi connectivity index (χ1v) is 4.71. The predicted molar refractivity (Wildman–Crippen MR) is 47.7 cm³/mol. The molecule has 0 saturated carbocycles. The van der Waals surface area contributed by atoms with Crippen molar-refractivity contribution in [3.05, 3.63) is 0 Å². The van der Waals surface area contributed by atoms with Crippen LogP contribution in [-0.2, 0) is 0 Å². The standard InChI is InChI=1S/C7H14N2S/c1-3-9(2)7-8-5-4-6-10-7/h3-6H2,1-2H3. The summed E-state index contributed by atoms with van der Waals surface area (Å²) in [6.45, 7) is 4.23. The van der Waals surface area contributed by atoms with Gasteiger partial charge in [-0.25, -0.2) is 0 Å². The number of hydrogen-bond acceptors (Lipinski definition) is 3. The lowest BCUT2D eigenvalue weighted by atomic mass is 10.5. The van der Waals surface area contributed by atoms with Gasteiger partial charge in [0, 0.05) is 25.9 Å². The zero-order valence-electron chi connectivity index (χ0n) is 6.63. The summed E-state index contributed by atoms with van der Waals surface area (Å²) in [5.41, 5.74) is 0. The third-order valence-corrected chi connectivity index (χ3v) is 2.77. The molecular weight excluding hydrogens is 144 g/mol. The summed E-state index contributed by atoms with van der Waals surface area (Å²) in [4.78, 5) is 6.60. The summed E-state index contributed by atoms with van der Waals surface area (Å²) in [6, 6.07) is 0. The minimum atomic E-state index is 1.02. The van der Waals surface area contributed by atoms with Crippen LogP contribution in [0.15, 0.2) is 4.99 Å². The van der Waals surface area contributed by atoms with Crippen molar-refractivity contribution >= 4 is 16.9 Å². The van der Waals surface area contributed by atoms with Gasteiger partial charge in [0.15, 0.2) is 5.17 Å². The number of nitrogens with zero attached hydrogens (tertiary/aromatic N) is 2. The molecule has 10 heavy (non-hydrogen) atoms. The molecule has 0 aliphatic carbocycles. The number of thioether (sulfide) groups is 1. The Kier molecular flexibility index (Phi) is 3.06. The first-order valence-electron chi connectivity index (χ1n) is 3.73. The van der Waals surface area contributed by atoms with E-state index in [1.165, 1.54) is 17.3 Å². The molecular formula is C7H14N2S. The molecule has 0 aromatic carbocycles. The molecule has 3 heteroatoms. The van der Waals surface area contributed by atoms with Crippen molar-refractivity contribution in [3.63, 3.8) is 0 Å². The summed E-state index contributed by atoms with van der Waals surface area (Å²) in [7, 11) is 2.09. The third-order valence-electron chi connectivity index (χ3n) is 1.58. The van der Waals surface area contributed by atoms with Gasteiger partial charge in [-0.1, -0.05) is 11.8 Å². The molecule has 0 bridgehead atoms. The van der Waals surface area contributed by atoms with Gasteiger partial charge in [-0.05, 0) is 13.3 Å². The van der Waals surface area contributed by atoms with E-state index in [9.17, 15) is 0 Å². The molecule has 1 aliphatic heterocycles. The van der Waals surface area contributed by atoms with Crippen LogP contribution in [0.2, 0.25) is 0 Å². The molecule has 0 N–H and O–H groups in total. The van der Waals surface area contributed by atoms with E-state index in [0.29, 0.717) is 0 Å². The molecule has 0 unspecified atom stereocenters. The molecule has 2 nitrogen and oxygen atoms in total. The molecule has 1 heterocycles. The highest BCUT2D eigenvalue weighted by molar-refractivity contribution is 8.13. The van der Waals surface area contributed by atoms with Gasteiger partial charge in [0.25, 0.3) is 0 Å². The Hall–Kier alpha value is -0.180. The lowest BCUT2D eigenvalue weighted by molar-refractivity contribution is 0.542. The maximum Gasteiger partial charge on any atom is 0.158 e. The molecule has 0 radical (unpaired) electrons. The molecule has 58 valence electrons. The van der Waals surface area contributed by atoms with Crippen LogP contribution in [-0.4, -0.2) is 36.0 Å². The van der Waals surface area contributed by atoms with E-state index in [1.54, 1.807) is 0 Å². The van der Waals surface area contributed by atoms with Crippen LogP contribution in [0.1, 0.15) is 13.3 Å². The van der Waals surface area contributed by atoms with Gasteiger partial charge in [-0.3, -0.25) is 4.99 Å². The van der Waals surface area contributed by atoms with Gasteiger partial charge in [-0.2, -0.15) is 0 Å². The maximum atomic E-state index is 4.41. The molecule has 1 aliphatic rings. The highest BCUT2D eigenvalue weighted by Crippen LogP contribution is 2.13. The fourth-order valence-electron chi connectivity index (χ4n) is 0.815. The topological polar surface area (TPSA) is 15.6 Å². The van der Waals surface area contributed by atoms with Crippen molar-refractivity contribution in [1.29, 1.82) is 0 Å². The lowest BCUT2D eigenvalue weighted by Crippen LogP contribution is -2.26. The highest BCUT2D eigenvalue weighted by atomic mass is 32.2. The van der Waals surface area contributed by atoms with Gasteiger partial charge in [0.1, 0.15) is 0 Å². The van der Waals surface area contributed by atoms with Gasteiger partial charge in [-0.15, -0.1) is 0 Å². The van der Waals surface area contributed by atoms with Crippen molar-refractivity contribution in [3.8, 4) is 0 Å². The first-order chi connectivity index (χ1) is 4.84. The van der Waals surface area contributed by atoms with E-state index in [2.05, 4.69) is 23.9 Å². The first kappa shape index (κ1) is 7.92.